The number of aromatic nitrogens is 3. The van der Waals surface area contributed by atoms with Crippen molar-refractivity contribution in [2.24, 2.45) is 5.73 Å². The number of halogens is 2. The van der Waals surface area contributed by atoms with Crippen molar-refractivity contribution in [3.8, 4) is 17.6 Å². The zero-order valence-electron chi connectivity index (χ0n) is 15.7. The minimum atomic E-state index is -0.313. The SMILES string of the molecule is COc1ccc(C#Cc2ccc(Cn3cnn(C/C(=C/F)CN)c3=O)s2)cc1.Cl. The van der Waals surface area contributed by atoms with E-state index in [1.807, 2.05) is 36.4 Å². The van der Waals surface area contributed by atoms with Crippen LogP contribution in [0, 0.1) is 11.8 Å². The fourth-order valence-electron chi connectivity index (χ4n) is 2.43. The maximum absolute atomic E-state index is 12.7. The van der Waals surface area contributed by atoms with Crippen LogP contribution in [0.2, 0.25) is 0 Å². The van der Waals surface area contributed by atoms with E-state index in [-0.39, 0.29) is 31.2 Å². The summed E-state index contributed by atoms with van der Waals surface area (Å²) in [5.41, 5.74) is 6.31. The standard InChI is InChI=1S/C20H19FN4O2S.ClH/c1-27-17-5-2-15(3-6-17)4-7-18-8-9-19(28-18)13-24-14-23-25(20(24)26)12-16(10-21)11-22;/h2-3,5-6,8-10,14H,11-13,22H2,1H3;1H/b16-10+;. The molecule has 1 aromatic carbocycles. The van der Waals surface area contributed by atoms with Crippen molar-refractivity contribution in [3.05, 3.63) is 80.4 Å². The molecule has 2 aromatic heterocycles. The highest BCUT2D eigenvalue weighted by atomic mass is 35.5. The van der Waals surface area contributed by atoms with Crippen LogP contribution in [-0.2, 0) is 13.1 Å². The Hall–Kier alpha value is -2.86. The second-order valence-corrected chi connectivity index (χ2v) is 7.08. The maximum atomic E-state index is 12.7. The zero-order valence-corrected chi connectivity index (χ0v) is 17.3. The summed E-state index contributed by atoms with van der Waals surface area (Å²) in [6, 6.07) is 11.4. The van der Waals surface area contributed by atoms with Crippen LogP contribution in [0.4, 0.5) is 4.39 Å². The first kappa shape index (κ1) is 22.4. The summed E-state index contributed by atoms with van der Waals surface area (Å²) in [5.74, 6) is 7.02. The Morgan fingerprint density at radius 1 is 1.28 bits per heavy atom. The van der Waals surface area contributed by atoms with E-state index in [0.717, 1.165) is 21.1 Å². The number of nitrogens with zero attached hydrogens (tertiary/aromatic N) is 3. The third-order valence-corrected chi connectivity index (χ3v) is 4.96. The largest absolute Gasteiger partial charge is 0.497 e. The molecular weight excluding hydrogens is 415 g/mol. The van der Waals surface area contributed by atoms with Crippen LogP contribution in [0.15, 0.2) is 59.4 Å². The van der Waals surface area contributed by atoms with Gasteiger partial charge in [0, 0.05) is 17.0 Å². The molecule has 6 nitrogen and oxygen atoms in total. The van der Waals surface area contributed by atoms with Crippen LogP contribution in [0.5, 0.6) is 5.75 Å². The van der Waals surface area contributed by atoms with Crippen LogP contribution >= 0.6 is 23.7 Å². The van der Waals surface area contributed by atoms with Gasteiger partial charge in [0.15, 0.2) is 0 Å². The van der Waals surface area contributed by atoms with Crippen molar-refractivity contribution in [2.45, 2.75) is 13.1 Å². The van der Waals surface area contributed by atoms with Gasteiger partial charge in [-0.3, -0.25) is 4.57 Å². The minimum Gasteiger partial charge on any atom is -0.497 e. The minimum absolute atomic E-state index is 0. The average molecular weight is 435 g/mol. The fraction of sp³-hybridized carbons (Fsp3) is 0.200. The lowest BCUT2D eigenvalue weighted by Crippen LogP contribution is -2.26. The highest BCUT2D eigenvalue weighted by molar-refractivity contribution is 7.12. The molecule has 0 atom stereocenters. The predicted octanol–water partition coefficient (Wildman–Crippen LogP) is 2.80. The van der Waals surface area contributed by atoms with E-state index in [9.17, 15) is 9.18 Å². The molecule has 0 aliphatic carbocycles. The lowest BCUT2D eigenvalue weighted by molar-refractivity contribution is 0.415. The van der Waals surface area contributed by atoms with E-state index in [0.29, 0.717) is 18.4 Å². The Labute approximate surface area is 177 Å². The molecule has 29 heavy (non-hydrogen) atoms. The van der Waals surface area contributed by atoms with Crippen molar-refractivity contribution < 1.29 is 9.13 Å². The Balaban J connectivity index is 0.00000300. The summed E-state index contributed by atoms with van der Waals surface area (Å²) in [7, 11) is 1.62. The number of nitrogens with two attached hydrogens (primary N) is 1. The third kappa shape index (κ3) is 5.81. The van der Waals surface area contributed by atoms with Gasteiger partial charge in [-0.15, -0.1) is 23.7 Å². The first-order chi connectivity index (χ1) is 13.6. The van der Waals surface area contributed by atoms with E-state index in [4.69, 9.17) is 10.5 Å². The van der Waals surface area contributed by atoms with E-state index in [1.54, 1.807) is 7.11 Å². The van der Waals surface area contributed by atoms with Crippen molar-refractivity contribution in [3.63, 3.8) is 0 Å². The molecule has 0 aliphatic rings. The van der Waals surface area contributed by atoms with Crippen molar-refractivity contribution in [1.82, 2.24) is 14.3 Å². The molecule has 2 N–H and O–H groups in total. The highest BCUT2D eigenvalue weighted by Gasteiger charge is 2.08. The monoisotopic (exact) mass is 434 g/mol. The number of hydrogen-bond donors (Lipinski definition) is 1. The lowest BCUT2D eigenvalue weighted by Gasteiger charge is -2.01. The van der Waals surface area contributed by atoms with Gasteiger partial charge in [0.25, 0.3) is 0 Å². The van der Waals surface area contributed by atoms with Crippen molar-refractivity contribution >= 4 is 23.7 Å². The summed E-state index contributed by atoms with van der Waals surface area (Å²) in [5, 5.41) is 4.01. The molecule has 0 unspecified atom stereocenters. The average Bonchev–Trinajstić information content (AvgIpc) is 3.32. The van der Waals surface area contributed by atoms with Gasteiger partial charge in [-0.05, 0) is 42.0 Å². The summed E-state index contributed by atoms with van der Waals surface area (Å²) >= 11 is 1.51. The molecule has 152 valence electrons. The van der Waals surface area contributed by atoms with Gasteiger partial charge < -0.3 is 10.5 Å². The first-order valence-electron chi connectivity index (χ1n) is 8.48. The second-order valence-electron chi connectivity index (χ2n) is 5.92. The van der Waals surface area contributed by atoms with Crippen molar-refractivity contribution in [1.29, 1.82) is 0 Å². The maximum Gasteiger partial charge on any atom is 0.346 e. The second kappa shape index (κ2) is 10.6. The molecule has 9 heteroatoms. The number of benzene rings is 1. The normalized spacial score (nSPS) is 10.8. The fourth-order valence-corrected chi connectivity index (χ4v) is 3.29. The molecule has 0 bridgehead atoms. The molecule has 0 radical (unpaired) electrons. The lowest BCUT2D eigenvalue weighted by atomic mass is 10.2. The van der Waals surface area contributed by atoms with Gasteiger partial charge in [0.1, 0.15) is 12.1 Å². The Kier molecular flexibility index (Phi) is 8.21. The third-order valence-electron chi connectivity index (χ3n) is 3.97. The molecule has 0 saturated carbocycles. The van der Waals surface area contributed by atoms with Gasteiger partial charge in [0.05, 0.1) is 31.4 Å². The molecule has 0 aliphatic heterocycles. The Bertz CT molecular complexity index is 1090. The zero-order chi connectivity index (χ0) is 19.9. The highest BCUT2D eigenvalue weighted by Crippen LogP contribution is 2.17. The van der Waals surface area contributed by atoms with E-state index in [2.05, 4.69) is 16.9 Å². The van der Waals surface area contributed by atoms with Crippen LogP contribution in [0.3, 0.4) is 0 Å². The number of hydrogen-bond acceptors (Lipinski definition) is 5. The molecule has 3 aromatic rings. The first-order valence-corrected chi connectivity index (χ1v) is 9.30. The molecule has 0 saturated heterocycles. The molecule has 0 amide bonds. The van der Waals surface area contributed by atoms with Crippen LogP contribution in [0.25, 0.3) is 0 Å². The predicted molar refractivity (Wildman–Crippen MR) is 114 cm³/mol. The smallest absolute Gasteiger partial charge is 0.346 e. The van der Waals surface area contributed by atoms with Gasteiger partial charge >= 0.3 is 5.69 Å². The summed E-state index contributed by atoms with van der Waals surface area (Å²) in [6.07, 6.45) is 1.86. The molecule has 3 rings (SSSR count). The summed E-state index contributed by atoms with van der Waals surface area (Å²) < 4.78 is 20.4. The number of methoxy groups -OCH3 is 1. The number of ether oxygens (including phenoxy) is 1. The topological polar surface area (TPSA) is 75.1 Å². The van der Waals surface area contributed by atoms with Gasteiger partial charge in [-0.2, -0.15) is 5.10 Å². The summed E-state index contributed by atoms with van der Waals surface area (Å²) in [4.78, 5) is 14.2. The summed E-state index contributed by atoms with van der Waals surface area (Å²) in [6.45, 7) is 0.462. The van der Waals surface area contributed by atoms with E-state index < -0.39 is 0 Å². The number of thiophene rings is 1. The van der Waals surface area contributed by atoms with Crippen LogP contribution < -0.4 is 16.2 Å². The quantitative estimate of drug-likeness (QED) is 0.605. The van der Waals surface area contributed by atoms with Crippen LogP contribution in [-0.4, -0.2) is 28.0 Å². The van der Waals surface area contributed by atoms with E-state index >= 15 is 0 Å². The molecular formula is C20H20ClFN4O2S. The Morgan fingerprint density at radius 2 is 2.03 bits per heavy atom. The van der Waals surface area contributed by atoms with Gasteiger partial charge in [-0.1, -0.05) is 11.8 Å². The molecule has 0 fully saturated rings. The number of rotatable bonds is 6. The van der Waals surface area contributed by atoms with E-state index in [1.165, 1.54) is 26.9 Å². The Morgan fingerprint density at radius 3 is 2.69 bits per heavy atom. The van der Waals surface area contributed by atoms with Crippen molar-refractivity contribution in [2.75, 3.05) is 13.7 Å². The molecule has 2 heterocycles. The van der Waals surface area contributed by atoms with Gasteiger partial charge in [-0.25, -0.2) is 13.9 Å². The molecule has 0 spiro atoms. The van der Waals surface area contributed by atoms with Gasteiger partial charge in [0.2, 0.25) is 0 Å². The van der Waals surface area contributed by atoms with Crippen LogP contribution in [0.1, 0.15) is 15.3 Å².